The van der Waals surface area contributed by atoms with Crippen molar-refractivity contribution in [3.63, 3.8) is 0 Å². The molecule has 8 heavy (non-hydrogen) atoms. The number of hydrogen-bond donors (Lipinski definition) is 1. The van der Waals surface area contributed by atoms with E-state index in [-0.39, 0.29) is 0 Å². The Hall–Kier alpha value is 0.177. The summed E-state index contributed by atoms with van der Waals surface area (Å²) in [5.74, 6) is 0. The lowest BCUT2D eigenvalue weighted by Gasteiger charge is -2.22. The van der Waals surface area contributed by atoms with Crippen LogP contribution >= 0.6 is 0 Å². The molecule has 0 aliphatic rings. The molecule has 0 aromatic heterocycles. The summed E-state index contributed by atoms with van der Waals surface area (Å²) >= 11 is 0. The molecule has 1 atom stereocenters. The average Bonchev–Trinajstić information content (AvgIpc) is 1.62. The zero-order valence-electron chi connectivity index (χ0n) is 6.36. The topological polar surface area (TPSA) is 26.0 Å². The summed E-state index contributed by atoms with van der Waals surface area (Å²) in [6.07, 6.45) is 1.23. The highest BCUT2D eigenvalue weighted by Crippen LogP contribution is 2.18. The molecular formula is C6H17NSi. The van der Waals surface area contributed by atoms with Gasteiger partial charge in [0.05, 0.1) is 0 Å². The predicted octanol–water partition coefficient (Wildman–Crippen LogP) is 1.95. The molecule has 1 unspecified atom stereocenters. The summed E-state index contributed by atoms with van der Waals surface area (Å²) in [7, 11) is -1.26. The third-order valence-corrected chi connectivity index (χ3v) is 4.83. The molecular weight excluding hydrogens is 114 g/mol. The highest BCUT2D eigenvalue weighted by Gasteiger charge is 2.20. The highest BCUT2D eigenvalue weighted by atomic mass is 28.3. The van der Waals surface area contributed by atoms with E-state index in [1.807, 2.05) is 0 Å². The summed E-state index contributed by atoms with van der Waals surface area (Å²) < 4.78 is 0. The van der Waals surface area contributed by atoms with Crippen LogP contribution < -0.4 is 5.40 Å². The minimum atomic E-state index is -1.26. The fourth-order valence-corrected chi connectivity index (χ4v) is 1.58. The number of hydrogen-bond acceptors (Lipinski definition) is 1. The Balaban J connectivity index is 3.62. The van der Waals surface area contributed by atoms with Crippen molar-refractivity contribution < 1.29 is 0 Å². The van der Waals surface area contributed by atoms with Crippen LogP contribution in [0.2, 0.25) is 18.6 Å². The first-order chi connectivity index (χ1) is 3.48. The minimum Gasteiger partial charge on any atom is -0.351 e. The molecule has 0 heterocycles. The van der Waals surface area contributed by atoms with Gasteiger partial charge in [-0.15, -0.1) is 0 Å². The van der Waals surface area contributed by atoms with Crippen LogP contribution in [0.1, 0.15) is 20.3 Å². The molecule has 0 bridgehead atoms. The molecule has 0 aromatic carbocycles. The molecule has 0 saturated heterocycles. The molecule has 0 fully saturated rings. The molecule has 0 aliphatic carbocycles. The predicted molar refractivity (Wildman–Crippen MR) is 41.4 cm³/mol. The van der Waals surface area contributed by atoms with Gasteiger partial charge in [0.2, 0.25) is 0 Å². The first kappa shape index (κ1) is 8.18. The Morgan fingerprint density at radius 3 is 1.88 bits per heavy atom. The second-order valence-electron chi connectivity index (χ2n) is 3.13. The fourth-order valence-electron chi connectivity index (χ4n) is 0.526. The van der Waals surface area contributed by atoms with Crippen molar-refractivity contribution in [2.75, 3.05) is 0 Å². The monoisotopic (exact) mass is 131 g/mol. The second-order valence-corrected chi connectivity index (χ2v) is 7.76. The van der Waals surface area contributed by atoms with E-state index in [0.29, 0.717) is 0 Å². The standard InChI is InChI=1S/C6H17NSi/c1-5-6(2)8(3,4)7/h6H,5,7H2,1-4H3. The lowest BCUT2D eigenvalue weighted by atomic mass is 10.4. The van der Waals surface area contributed by atoms with Gasteiger partial charge < -0.3 is 5.40 Å². The molecule has 50 valence electrons. The molecule has 2 heteroatoms. The van der Waals surface area contributed by atoms with Gasteiger partial charge in [-0.25, -0.2) is 0 Å². The quantitative estimate of drug-likeness (QED) is 0.570. The SMILES string of the molecule is CCC(C)[Si](C)(C)N. The lowest BCUT2D eigenvalue weighted by Crippen LogP contribution is -2.42. The average molecular weight is 131 g/mol. The molecule has 0 saturated carbocycles. The van der Waals surface area contributed by atoms with Crippen molar-refractivity contribution in [2.24, 2.45) is 5.40 Å². The third kappa shape index (κ3) is 2.48. The van der Waals surface area contributed by atoms with Crippen LogP contribution in [0.15, 0.2) is 0 Å². The van der Waals surface area contributed by atoms with Crippen LogP contribution in [0.25, 0.3) is 0 Å². The summed E-state index contributed by atoms with van der Waals surface area (Å²) in [5.41, 5.74) is 0.766. The summed E-state index contributed by atoms with van der Waals surface area (Å²) in [6.45, 7) is 8.86. The van der Waals surface area contributed by atoms with Crippen molar-refractivity contribution in [1.82, 2.24) is 0 Å². The zero-order chi connectivity index (χ0) is 6.78. The van der Waals surface area contributed by atoms with Gasteiger partial charge in [0.15, 0.2) is 0 Å². The highest BCUT2D eigenvalue weighted by molar-refractivity contribution is 6.75. The van der Waals surface area contributed by atoms with Crippen LogP contribution in [0.4, 0.5) is 0 Å². The van der Waals surface area contributed by atoms with Gasteiger partial charge in [-0.05, 0) is 5.54 Å². The summed E-state index contributed by atoms with van der Waals surface area (Å²) in [5, 5.41) is 5.93. The third-order valence-electron chi connectivity index (χ3n) is 1.88. The van der Waals surface area contributed by atoms with E-state index in [9.17, 15) is 0 Å². The maximum atomic E-state index is 5.93. The molecule has 0 rings (SSSR count). The second kappa shape index (κ2) is 2.64. The Bertz CT molecular complexity index is 65.4. The van der Waals surface area contributed by atoms with Crippen LogP contribution in [-0.2, 0) is 0 Å². The Kier molecular flexibility index (Phi) is 2.70. The van der Waals surface area contributed by atoms with Gasteiger partial charge in [-0.2, -0.15) is 0 Å². The zero-order valence-corrected chi connectivity index (χ0v) is 7.36. The Morgan fingerprint density at radius 1 is 1.50 bits per heavy atom. The minimum absolute atomic E-state index is 0.766. The molecule has 0 aromatic rings. The maximum absolute atomic E-state index is 5.93. The van der Waals surface area contributed by atoms with Crippen molar-refractivity contribution in [2.45, 2.75) is 38.9 Å². The Morgan fingerprint density at radius 2 is 1.88 bits per heavy atom. The van der Waals surface area contributed by atoms with E-state index >= 15 is 0 Å². The summed E-state index contributed by atoms with van der Waals surface area (Å²) in [4.78, 5) is 0. The van der Waals surface area contributed by atoms with Gasteiger partial charge in [0.25, 0.3) is 0 Å². The van der Waals surface area contributed by atoms with E-state index in [4.69, 9.17) is 5.40 Å². The van der Waals surface area contributed by atoms with Crippen LogP contribution in [-0.4, -0.2) is 8.24 Å². The number of nitrogens with two attached hydrogens (primary N) is 1. The maximum Gasteiger partial charge on any atom is 0.119 e. The van der Waals surface area contributed by atoms with E-state index in [1.54, 1.807) is 0 Å². The van der Waals surface area contributed by atoms with E-state index in [2.05, 4.69) is 26.9 Å². The Labute approximate surface area is 53.4 Å². The molecule has 1 nitrogen and oxygen atoms in total. The van der Waals surface area contributed by atoms with E-state index < -0.39 is 8.24 Å². The fraction of sp³-hybridized carbons (Fsp3) is 1.00. The van der Waals surface area contributed by atoms with Crippen LogP contribution in [0.3, 0.4) is 0 Å². The van der Waals surface area contributed by atoms with Crippen molar-refractivity contribution in [1.29, 1.82) is 0 Å². The van der Waals surface area contributed by atoms with Crippen molar-refractivity contribution in [3.8, 4) is 0 Å². The van der Waals surface area contributed by atoms with Gasteiger partial charge in [0.1, 0.15) is 8.24 Å². The van der Waals surface area contributed by atoms with E-state index in [1.165, 1.54) is 6.42 Å². The molecule has 0 radical (unpaired) electrons. The van der Waals surface area contributed by atoms with Gasteiger partial charge in [-0.1, -0.05) is 33.4 Å². The molecule has 0 amide bonds. The van der Waals surface area contributed by atoms with Gasteiger partial charge >= 0.3 is 0 Å². The van der Waals surface area contributed by atoms with Crippen LogP contribution in [0, 0.1) is 0 Å². The first-order valence-electron chi connectivity index (χ1n) is 3.27. The van der Waals surface area contributed by atoms with Crippen molar-refractivity contribution in [3.05, 3.63) is 0 Å². The summed E-state index contributed by atoms with van der Waals surface area (Å²) in [6, 6.07) is 0. The van der Waals surface area contributed by atoms with E-state index in [0.717, 1.165) is 5.54 Å². The molecule has 0 spiro atoms. The van der Waals surface area contributed by atoms with Crippen LogP contribution in [0.5, 0.6) is 0 Å². The number of rotatable bonds is 2. The molecule has 0 aliphatic heterocycles. The normalized spacial score (nSPS) is 16.1. The molecule has 2 N–H and O–H groups in total. The van der Waals surface area contributed by atoms with Gasteiger partial charge in [0, 0.05) is 0 Å². The van der Waals surface area contributed by atoms with Crippen molar-refractivity contribution >= 4 is 8.24 Å². The lowest BCUT2D eigenvalue weighted by molar-refractivity contribution is 0.837. The smallest absolute Gasteiger partial charge is 0.119 e. The van der Waals surface area contributed by atoms with Gasteiger partial charge in [-0.3, -0.25) is 0 Å². The largest absolute Gasteiger partial charge is 0.351 e. The first-order valence-corrected chi connectivity index (χ1v) is 6.42.